The molecule has 0 aromatic heterocycles. The van der Waals surface area contributed by atoms with Crippen LogP contribution in [-0.2, 0) is 28.6 Å². The first kappa shape index (κ1) is 78.8. The monoisotopic (exact) mass is 1150 g/mol. The Morgan fingerprint density at radius 2 is 0.476 bits per heavy atom. The molecule has 0 N–H and O–H groups in total. The smallest absolute Gasteiger partial charge is 0.306 e. The predicted octanol–water partition coefficient (Wildman–Crippen LogP) is 24.8. The van der Waals surface area contributed by atoms with E-state index in [1.165, 1.54) is 244 Å². The van der Waals surface area contributed by atoms with Gasteiger partial charge in [0.1, 0.15) is 13.2 Å². The van der Waals surface area contributed by atoms with Crippen LogP contribution < -0.4 is 0 Å². The third-order valence-electron chi connectivity index (χ3n) is 15.9. The Bertz CT molecular complexity index is 1500. The van der Waals surface area contributed by atoms with E-state index >= 15 is 0 Å². The molecule has 0 saturated carbocycles. The van der Waals surface area contributed by atoms with E-state index in [0.717, 1.165) is 89.9 Å². The van der Waals surface area contributed by atoms with Crippen LogP contribution in [0.25, 0.3) is 0 Å². The van der Waals surface area contributed by atoms with Gasteiger partial charge in [-0.2, -0.15) is 0 Å². The lowest BCUT2D eigenvalue weighted by Crippen LogP contribution is -2.30. The molecule has 0 amide bonds. The first-order chi connectivity index (χ1) is 40.5. The van der Waals surface area contributed by atoms with Gasteiger partial charge in [0.15, 0.2) is 6.10 Å². The van der Waals surface area contributed by atoms with E-state index in [2.05, 4.69) is 93.7 Å². The molecule has 0 aliphatic carbocycles. The minimum atomic E-state index is -0.773. The molecule has 0 heterocycles. The Morgan fingerprint density at radius 1 is 0.256 bits per heavy atom. The number of hydrogen-bond donors (Lipinski definition) is 0. The summed E-state index contributed by atoms with van der Waals surface area (Å²) in [7, 11) is 0. The quantitative estimate of drug-likeness (QED) is 0.0261. The minimum absolute atomic E-state index is 0.0699. The van der Waals surface area contributed by atoms with E-state index in [9.17, 15) is 14.4 Å². The average molecular weight is 1150 g/mol. The molecule has 0 fully saturated rings. The van der Waals surface area contributed by atoms with E-state index < -0.39 is 6.10 Å². The third kappa shape index (κ3) is 67.6. The first-order valence-corrected chi connectivity index (χ1v) is 35.9. The van der Waals surface area contributed by atoms with Crippen LogP contribution in [0.4, 0.5) is 0 Å². The zero-order valence-corrected chi connectivity index (χ0v) is 54.8. The number of esters is 3. The summed E-state index contributed by atoms with van der Waals surface area (Å²) in [6.45, 7) is 6.57. The fourth-order valence-electron chi connectivity index (χ4n) is 10.6. The molecule has 476 valence electrons. The third-order valence-corrected chi connectivity index (χ3v) is 15.9. The second-order valence-corrected chi connectivity index (χ2v) is 24.1. The average Bonchev–Trinajstić information content (AvgIpc) is 3.47. The molecule has 0 aromatic carbocycles. The van der Waals surface area contributed by atoms with Gasteiger partial charge in [0.05, 0.1) is 0 Å². The summed E-state index contributed by atoms with van der Waals surface area (Å²) in [4.78, 5) is 38.4. The Hall–Kier alpha value is -3.15. The van der Waals surface area contributed by atoms with Crippen LogP contribution >= 0.6 is 0 Å². The summed E-state index contributed by atoms with van der Waals surface area (Å²) in [5.74, 6) is -0.850. The number of hydrogen-bond acceptors (Lipinski definition) is 6. The summed E-state index contributed by atoms with van der Waals surface area (Å²) < 4.78 is 17.0. The number of carbonyl (C=O) groups is 3. The molecule has 0 aliphatic rings. The maximum absolute atomic E-state index is 12.9. The van der Waals surface area contributed by atoms with Gasteiger partial charge in [-0.3, -0.25) is 14.4 Å². The van der Waals surface area contributed by atoms with Crippen LogP contribution in [0.15, 0.2) is 72.9 Å². The Morgan fingerprint density at radius 3 is 0.756 bits per heavy atom. The lowest BCUT2D eigenvalue weighted by atomic mass is 10.0. The molecule has 0 radical (unpaired) electrons. The maximum Gasteiger partial charge on any atom is 0.306 e. The molecule has 0 rings (SSSR count). The molecular formula is C76H136O6. The van der Waals surface area contributed by atoms with Crippen LogP contribution in [0.2, 0.25) is 0 Å². The van der Waals surface area contributed by atoms with Gasteiger partial charge in [0, 0.05) is 19.3 Å². The molecule has 82 heavy (non-hydrogen) atoms. The fourth-order valence-corrected chi connectivity index (χ4v) is 10.6. The lowest BCUT2D eigenvalue weighted by Gasteiger charge is -2.18. The van der Waals surface area contributed by atoms with Gasteiger partial charge in [0.25, 0.3) is 0 Å². The molecule has 6 nitrogen and oxygen atoms in total. The van der Waals surface area contributed by atoms with Crippen molar-refractivity contribution in [2.24, 2.45) is 0 Å². The minimum Gasteiger partial charge on any atom is -0.462 e. The summed E-state index contributed by atoms with van der Waals surface area (Å²) in [5, 5.41) is 0. The molecule has 0 aliphatic heterocycles. The van der Waals surface area contributed by atoms with Crippen molar-refractivity contribution in [3.05, 3.63) is 72.9 Å². The van der Waals surface area contributed by atoms with Crippen molar-refractivity contribution < 1.29 is 28.6 Å². The van der Waals surface area contributed by atoms with E-state index in [0.29, 0.717) is 19.3 Å². The summed E-state index contributed by atoms with van der Waals surface area (Å²) in [6, 6.07) is 0. The highest BCUT2D eigenvalue weighted by atomic mass is 16.6. The number of rotatable bonds is 66. The van der Waals surface area contributed by atoms with Crippen molar-refractivity contribution in [1.29, 1.82) is 0 Å². The second-order valence-electron chi connectivity index (χ2n) is 24.1. The van der Waals surface area contributed by atoms with Crippen molar-refractivity contribution in [3.8, 4) is 0 Å². The fraction of sp³-hybridized carbons (Fsp3) is 0.803. The van der Waals surface area contributed by atoms with Gasteiger partial charge in [-0.1, -0.05) is 338 Å². The highest BCUT2D eigenvalue weighted by Crippen LogP contribution is 2.18. The Labute approximate surface area is 510 Å². The molecule has 0 saturated heterocycles. The van der Waals surface area contributed by atoms with Crippen LogP contribution in [0.3, 0.4) is 0 Å². The van der Waals surface area contributed by atoms with Crippen LogP contribution in [0.1, 0.15) is 374 Å². The van der Waals surface area contributed by atoms with E-state index in [1.807, 2.05) is 0 Å². The Balaban J connectivity index is 4.14. The Kier molecular flexibility index (Phi) is 67.6. The number of carbonyl (C=O) groups excluding carboxylic acids is 3. The maximum atomic E-state index is 12.9. The van der Waals surface area contributed by atoms with Crippen LogP contribution in [0, 0.1) is 0 Å². The molecule has 0 aromatic rings. The SMILES string of the molecule is CC/C=C\C/C=C\C/C=C\C/C=C\C/C=C\CCCCCCCCCCCCCCCCCC(=O)OCC(COC(=O)CCCCCCCCCCCC)OC(=O)CCCCCCCCCCCCC/C=C\CCCCCCCCCC. The highest BCUT2D eigenvalue weighted by molar-refractivity contribution is 5.71. The summed E-state index contributed by atoms with van der Waals surface area (Å²) in [6.07, 6.45) is 92.3. The van der Waals surface area contributed by atoms with Crippen molar-refractivity contribution in [2.75, 3.05) is 13.2 Å². The van der Waals surface area contributed by atoms with Gasteiger partial charge < -0.3 is 14.2 Å². The molecule has 0 spiro atoms. The van der Waals surface area contributed by atoms with Gasteiger partial charge in [-0.05, 0) is 89.9 Å². The van der Waals surface area contributed by atoms with Crippen molar-refractivity contribution in [1.82, 2.24) is 0 Å². The van der Waals surface area contributed by atoms with Crippen LogP contribution in [-0.4, -0.2) is 37.2 Å². The molecule has 1 atom stereocenters. The standard InChI is InChI=1S/C76H136O6/c1-4-7-10-13-16-19-22-24-26-28-30-32-34-35-36-37-38-39-40-41-43-44-46-48-50-52-54-57-60-63-66-69-75(78)81-72-73(71-80-74(77)68-65-62-59-56-21-18-15-12-9-6-3)82-76(79)70-67-64-61-58-55-53-51-49-47-45-42-33-31-29-27-25-23-20-17-14-11-8-5-2/h7,10,16,19,24,26,29-32,35-36,73H,4-6,8-9,11-15,17-18,20-23,25,27-28,33-34,37-72H2,1-3H3/b10-7-,19-16-,26-24-,31-29-,32-30-,36-35-. The normalized spacial score (nSPS) is 12.5. The molecule has 0 bridgehead atoms. The van der Waals surface area contributed by atoms with E-state index in [-0.39, 0.29) is 31.1 Å². The van der Waals surface area contributed by atoms with Crippen molar-refractivity contribution in [3.63, 3.8) is 0 Å². The van der Waals surface area contributed by atoms with Crippen molar-refractivity contribution in [2.45, 2.75) is 380 Å². The number of ether oxygens (including phenoxy) is 3. The summed E-state index contributed by atoms with van der Waals surface area (Å²) in [5.41, 5.74) is 0. The predicted molar refractivity (Wildman–Crippen MR) is 358 cm³/mol. The van der Waals surface area contributed by atoms with Crippen LogP contribution in [0.5, 0.6) is 0 Å². The second kappa shape index (κ2) is 70.3. The number of allylic oxidation sites excluding steroid dienone is 12. The van der Waals surface area contributed by atoms with Gasteiger partial charge in [-0.25, -0.2) is 0 Å². The summed E-state index contributed by atoms with van der Waals surface area (Å²) >= 11 is 0. The highest BCUT2D eigenvalue weighted by Gasteiger charge is 2.19. The first-order valence-electron chi connectivity index (χ1n) is 35.9. The van der Waals surface area contributed by atoms with E-state index in [4.69, 9.17) is 14.2 Å². The van der Waals surface area contributed by atoms with Crippen molar-refractivity contribution >= 4 is 17.9 Å². The lowest BCUT2D eigenvalue weighted by molar-refractivity contribution is -0.167. The number of unbranched alkanes of at least 4 members (excludes halogenated alkanes) is 43. The molecular weight excluding hydrogens is 1010 g/mol. The van der Waals surface area contributed by atoms with Gasteiger partial charge in [-0.15, -0.1) is 0 Å². The zero-order valence-electron chi connectivity index (χ0n) is 54.8. The largest absolute Gasteiger partial charge is 0.462 e. The van der Waals surface area contributed by atoms with E-state index in [1.54, 1.807) is 0 Å². The topological polar surface area (TPSA) is 78.9 Å². The molecule has 1 unspecified atom stereocenters. The van der Waals surface area contributed by atoms with Gasteiger partial charge >= 0.3 is 17.9 Å². The molecule has 6 heteroatoms. The zero-order chi connectivity index (χ0) is 59.2. The van der Waals surface area contributed by atoms with Gasteiger partial charge in [0.2, 0.25) is 0 Å².